The average Bonchev–Trinajstić information content (AvgIpc) is 2.96. The molecule has 0 fully saturated rings. The molecule has 0 unspecified atom stereocenters. The van der Waals surface area contributed by atoms with Gasteiger partial charge in [-0.2, -0.15) is 0 Å². The van der Waals surface area contributed by atoms with E-state index >= 15 is 0 Å². The van der Waals surface area contributed by atoms with E-state index in [1.165, 1.54) is 37.6 Å². The minimum absolute atomic E-state index is 0.00598. The van der Waals surface area contributed by atoms with Gasteiger partial charge >= 0.3 is 0 Å². The molecule has 0 aliphatic carbocycles. The van der Waals surface area contributed by atoms with Gasteiger partial charge in [-0.3, -0.25) is 4.72 Å². The van der Waals surface area contributed by atoms with Gasteiger partial charge in [-0.25, -0.2) is 8.42 Å². The number of sulfonamides is 1. The van der Waals surface area contributed by atoms with Gasteiger partial charge in [0.05, 0.1) is 17.6 Å². The number of benzene rings is 1. The quantitative estimate of drug-likeness (QED) is 0.811. The third kappa shape index (κ3) is 3.53. The Bertz CT molecular complexity index is 773. The molecule has 2 rings (SSSR count). The van der Waals surface area contributed by atoms with E-state index in [2.05, 4.69) is 26.2 Å². The molecule has 0 aliphatic rings. The lowest BCUT2D eigenvalue weighted by Crippen LogP contribution is -2.13. The largest absolute Gasteiger partial charge is 0.495 e. The number of hydrogen-bond acceptors (Lipinski definition) is 6. The number of aromatic nitrogens is 1. The molecule has 0 amide bonds. The van der Waals surface area contributed by atoms with Gasteiger partial charge < -0.3 is 14.4 Å². The molecule has 21 heavy (non-hydrogen) atoms. The van der Waals surface area contributed by atoms with Crippen molar-refractivity contribution in [3.8, 4) is 17.6 Å². The molecule has 0 saturated heterocycles. The van der Waals surface area contributed by atoms with Crippen molar-refractivity contribution < 1.29 is 22.8 Å². The standard InChI is InChI=1S/C13H12N2O5S/c1-19-12-5-4-11(9-10(12)3-2-7-16)21(17,18)15-13-6-8-20-14-13/h4-6,8-9,16H,7H2,1H3,(H,14,15). The van der Waals surface area contributed by atoms with Crippen molar-refractivity contribution in [2.45, 2.75) is 4.90 Å². The fourth-order valence-corrected chi connectivity index (χ4v) is 2.57. The van der Waals surface area contributed by atoms with Crippen LogP contribution in [0.25, 0.3) is 0 Å². The number of ether oxygens (including phenoxy) is 1. The lowest BCUT2D eigenvalue weighted by Gasteiger charge is -2.08. The summed E-state index contributed by atoms with van der Waals surface area (Å²) in [6.07, 6.45) is 1.25. The van der Waals surface area contributed by atoms with Crippen LogP contribution in [0.5, 0.6) is 5.75 Å². The van der Waals surface area contributed by atoms with Gasteiger partial charge in [0.25, 0.3) is 10.0 Å². The lowest BCUT2D eigenvalue weighted by atomic mass is 10.2. The lowest BCUT2D eigenvalue weighted by molar-refractivity contribution is 0.350. The Morgan fingerprint density at radius 1 is 1.43 bits per heavy atom. The van der Waals surface area contributed by atoms with E-state index in [0.29, 0.717) is 11.3 Å². The number of anilines is 1. The number of aliphatic hydroxyl groups excluding tert-OH is 1. The third-order valence-corrected chi connectivity index (χ3v) is 3.81. The summed E-state index contributed by atoms with van der Waals surface area (Å²) < 4.78 is 36.3. The molecular formula is C13H12N2O5S. The van der Waals surface area contributed by atoms with Crippen LogP contribution < -0.4 is 9.46 Å². The molecule has 1 aromatic heterocycles. The first-order valence-corrected chi connectivity index (χ1v) is 7.26. The predicted molar refractivity (Wildman–Crippen MR) is 74.3 cm³/mol. The zero-order valence-electron chi connectivity index (χ0n) is 11.0. The summed E-state index contributed by atoms with van der Waals surface area (Å²) in [6, 6.07) is 5.60. The van der Waals surface area contributed by atoms with Crippen LogP contribution in [0.4, 0.5) is 5.82 Å². The Labute approximate surface area is 121 Å². The van der Waals surface area contributed by atoms with Crippen LogP contribution in [-0.2, 0) is 10.0 Å². The Morgan fingerprint density at radius 3 is 2.86 bits per heavy atom. The number of aliphatic hydroxyl groups is 1. The Hall–Kier alpha value is -2.50. The molecule has 0 saturated carbocycles. The zero-order chi connectivity index (χ0) is 15.3. The second kappa shape index (κ2) is 6.30. The maximum atomic E-state index is 12.2. The fraction of sp³-hybridized carbons (Fsp3) is 0.154. The fourth-order valence-electron chi connectivity index (χ4n) is 1.55. The van der Waals surface area contributed by atoms with Gasteiger partial charge in [-0.15, -0.1) is 0 Å². The highest BCUT2D eigenvalue weighted by atomic mass is 32.2. The van der Waals surface area contributed by atoms with E-state index in [9.17, 15) is 8.42 Å². The highest BCUT2D eigenvalue weighted by molar-refractivity contribution is 7.92. The molecular weight excluding hydrogens is 296 g/mol. The molecule has 2 aromatic rings. The van der Waals surface area contributed by atoms with E-state index in [-0.39, 0.29) is 17.3 Å². The summed E-state index contributed by atoms with van der Waals surface area (Å²) in [5.41, 5.74) is 0.356. The highest BCUT2D eigenvalue weighted by Crippen LogP contribution is 2.23. The summed E-state index contributed by atoms with van der Waals surface area (Å²) >= 11 is 0. The molecule has 0 spiro atoms. The highest BCUT2D eigenvalue weighted by Gasteiger charge is 2.17. The number of rotatable bonds is 4. The Morgan fingerprint density at radius 2 is 2.24 bits per heavy atom. The van der Waals surface area contributed by atoms with Crippen LogP contribution in [-0.4, -0.2) is 32.4 Å². The van der Waals surface area contributed by atoms with Crippen LogP contribution >= 0.6 is 0 Å². The van der Waals surface area contributed by atoms with Gasteiger partial charge in [-0.1, -0.05) is 17.0 Å². The van der Waals surface area contributed by atoms with Gasteiger partial charge in [0.2, 0.25) is 0 Å². The maximum Gasteiger partial charge on any atom is 0.263 e. The summed E-state index contributed by atoms with van der Waals surface area (Å²) in [5, 5.41) is 12.2. The third-order valence-electron chi connectivity index (χ3n) is 2.46. The van der Waals surface area contributed by atoms with E-state index < -0.39 is 10.0 Å². The number of hydrogen-bond donors (Lipinski definition) is 2. The van der Waals surface area contributed by atoms with Gasteiger partial charge in [0.15, 0.2) is 5.82 Å². The predicted octanol–water partition coefficient (Wildman–Crippen LogP) is 0.828. The molecule has 110 valence electrons. The molecule has 7 nitrogen and oxygen atoms in total. The monoisotopic (exact) mass is 308 g/mol. The molecule has 8 heteroatoms. The van der Waals surface area contributed by atoms with E-state index in [1.54, 1.807) is 0 Å². The molecule has 0 radical (unpaired) electrons. The van der Waals surface area contributed by atoms with Crippen molar-refractivity contribution in [3.63, 3.8) is 0 Å². The first-order chi connectivity index (χ1) is 10.1. The Balaban J connectivity index is 2.39. The van der Waals surface area contributed by atoms with Crippen molar-refractivity contribution in [2.75, 3.05) is 18.4 Å². The summed E-state index contributed by atoms with van der Waals surface area (Å²) in [6.45, 7) is -0.336. The van der Waals surface area contributed by atoms with Crippen molar-refractivity contribution in [2.24, 2.45) is 0 Å². The minimum atomic E-state index is -3.81. The van der Waals surface area contributed by atoms with Crippen LogP contribution in [0.2, 0.25) is 0 Å². The average molecular weight is 308 g/mol. The normalized spacial score (nSPS) is 10.6. The smallest absolute Gasteiger partial charge is 0.263 e. The SMILES string of the molecule is COc1ccc(S(=O)(=O)Nc2ccon2)cc1C#CCO. The van der Waals surface area contributed by atoms with Crippen molar-refractivity contribution >= 4 is 15.8 Å². The molecule has 1 aromatic carbocycles. The topological polar surface area (TPSA) is 102 Å². The van der Waals surface area contributed by atoms with Crippen LogP contribution in [0.15, 0.2) is 39.9 Å². The van der Waals surface area contributed by atoms with Gasteiger partial charge in [0, 0.05) is 6.07 Å². The first-order valence-electron chi connectivity index (χ1n) is 5.78. The molecule has 0 aliphatic heterocycles. The molecule has 1 heterocycles. The van der Waals surface area contributed by atoms with E-state index in [4.69, 9.17) is 9.84 Å². The second-order valence-electron chi connectivity index (χ2n) is 3.81. The molecule has 0 atom stereocenters. The summed E-state index contributed by atoms with van der Waals surface area (Å²) in [5.74, 6) is 5.57. The first kappa shape index (κ1) is 14.9. The van der Waals surface area contributed by atoms with Crippen molar-refractivity contribution in [1.82, 2.24) is 5.16 Å². The zero-order valence-corrected chi connectivity index (χ0v) is 11.8. The van der Waals surface area contributed by atoms with Crippen LogP contribution in [0, 0.1) is 11.8 Å². The van der Waals surface area contributed by atoms with E-state index in [0.717, 1.165) is 0 Å². The maximum absolute atomic E-state index is 12.2. The second-order valence-corrected chi connectivity index (χ2v) is 5.49. The number of nitrogens with one attached hydrogen (secondary N) is 1. The van der Waals surface area contributed by atoms with Crippen LogP contribution in [0.3, 0.4) is 0 Å². The van der Waals surface area contributed by atoms with Gasteiger partial charge in [0.1, 0.15) is 18.6 Å². The minimum Gasteiger partial charge on any atom is -0.495 e. The van der Waals surface area contributed by atoms with Crippen LogP contribution in [0.1, 0.15) is 5.56 Å². The molecule has 2 N–H and O–H groups in total. The van der Waals surface area contributed by atoms with E-state index in [1.807, 2.05) is 0 Å². The number of methoxy groups -OCH3 is 1. The summed E-state index contributed by atoms with van der Waals surface area (Å²) in [4.78, 5) is -0.00598. The summed E-state index contributed by atoms with van der Waals surface area (Å²) in [7, 11) is -2.37. The number of nitrogens with zero attached hydrogens (tertiary/aromatic N) is 1. The molecule has 0 bridgehead atoms. The van der Waals surface area contributed by atoms with Crippen molar-refractivity contribution in [3.05, 3.63) is 36.1 Å². The van der Waals surface area contributed by atoms with Gasteiger partial charge in [-0.05, 0) is 18.2 Å². The van der Waals surface area contributed by atoms with Crippen molar-refractivity contribution in [1.29, 1.82) is 0 Å². The Kier molecular flexibility index (Phi) is 4.47.